The Morgan fingerprint density at radius 1 is 1.16 bits per heavy atom. The van der Waals surface area contributed by atoms with Gasteiger partial charge in [0.25, 0.3) is 0 Å². The van der Waals surface area contributed by atoms with E-state index < -0.39 is 6.04 Å². The average Bonchev–Trinajstić information content (AvgIpc) is 3.27. The predicted molar refractivity (Wildman–Crippen MR) is 152 cm³/mol. The summed E-state index contributed by atoms with van der Waals surface area (Å²) in [6.07, 6.45) is 2.26. The lowest BCUT2D eigenvalue weighted by atomic mass is 9.73. The zero-order chi connectivity index (χ0) is 27.0. The molecule has 0 spiro atoms. The highest BCUT2D eigenvalue weighted by molar-refractivity contribution is 7.99. The Bertz CT molecular complexity index is 1420. The molecule has 2 aromatic carbocycles. The van der Waals surface area contributed by atoms with Gasteiger partial charge in [0.15, 0.2) is 17.3 Å². The number of aromatic nitrogens is 3. The molecule has 1 aromatic heterocycles. The van der Waals surface area contributed by atoms with E-state index in [0.29, 0.717) is 39.1 Å². The molecule has 3 aromatic rings. The molecule has 1 aliphatic carbocycles. The second-order valence-electron chi connectivity index (χ2n) is 10.3. The van der Waals surface area contributed by atoms with Crippen LogP contribution in [-0.4, -0.2) is 33.4 Å². The first-order valence-electron chi connectivity index (χ1n) is 12.6. The normalized spacial score (nSPS) is 18.1. The number of ketones is 1. The molecule has 200 valence electrons. The third kappa shape index (κ3) is 5.40. The van der Waals surface area contributed by atoms with Crippen molar-refractivity contribution in [2.24, 2.45) is 5.41 Å². The Morgan fingerprint density at radius 3 is 2.71 bits per heavy atom. The van der Waals surface area contributed by atoms with Gasteiger partial charge in [0.1, 0.15) is 12.6 Å². The summed E-state index contributed by atoms with van der Waals surface area (Å²) in [6, 6.07) is 10.6. The van der Waals surface area contributed by atoms with Gasteiger partial charge in [-0.2, -0.15) is 4.98 Å². The largest absolute Gasteiger partial charge is 0.493 e. The molecule has 2 aliphatic rings. The van der Waals surface area contributed by atoms with Gasteiger partial charge in [0.2, 0.25) is 11.1 Å². The quantitative estimate of drug-likeness (QED) is 0.283. The maximum atomic E-state index is 13.5. The molecule has 2 heterocycles. The third-order valence-electron chi connectivity index (χ3n) is 6.65. The van der Waals surface area contributed by atoms with Crippen LogP contribution in [0.4, 0.5) is 5.95 Å². The summed E-state index contributed by atoms with van der Waals surface area (Å²) in [7, 11) is 1.60. The molecule has 0 bridgehead atoms. The number of nitrogens with one attached hydrogen (secondary N) is 1. The Hall–Kier alpha value is -2.68. The lowest BCUT2D eigenvalue weighted by Gasteiger charge is -2.38. The zero-order valence-electron chi connectivity index (χ0n) is 21.8. The average molecular weight is 574 g/mol. The first-order valence-corrected chi connectivity index (χ1v) is 14.3. The standard InChI is InChI=1S/C28H30Cl2N4O3S/c1-5-10-38-27-32-26-31-20-13-28(2,3)14-21(35)24(20)25(34(26)33-27)16-7-9-22(23(11-16)36-4)37-15-17-6-8-18(29)12-19(17)30/h6-9,11-12,25H,5,10,13-15H2,1-4H3,(H,31,32,33). The Balaban J connectivity index is 1.52. The van der Waals surface area contributed by atoms with E-state index in [1.165, 1.54) is 0 Å². The number of Topliss-reactive ketones (excluding diaryl/α,β-unsaturated/α-hetero) is 1. The molecular formula is C28H30Cl2N4O3S. The number of rotatable bonds is 8. The molecule has 7 nitrogen and oxygen atoms in total. The van der Waals surface area contributed by atoms with Crippen molar-refractivity contribution in [3.8, 4) is 11.5 Å². The van der Waals surface area contributed by atoms with Gasteiger partial charge in [0.05, 0.1) is 7.11 Å². The van der Waals surface area contributed by atoms with Crippen molar-refractivity contribution in [1.82, 2.24) is 14.8 Å². The van der Waals surface area contributed by atoms with Gasteiger partial charge in [0, 0.05) is 39.1 Å². The number of nitrogens with zero attached hydrogens (tertiary/aromatic N) is 3. The second kappa shape index (κ2) is 10.8. The van der Waals surface area contributed by atoms with Crippen molar-refractivity contribution in [2.45, 2.75) is 57.8 Å². The van der Waals surface area contributed by atoms with E-state index >= 15 is 0 Å². The number of carbonyl (C=O) groups is 1. The first-order chi connectivity index (χ1) is 18.2. The zero-order valence-corrected chi connectivity index (χ0v) is 24.1. The highest BCUT2D eigenvalue weighted by atomic mass is 35.5. The van der Waals surface area contributed by atoms with E-state index in [-0.39, 0.29) is 17.8 Å². The van der Waals surface area contributed by atoms with Crippen LogP contribution < -0.4 is 14.8 Å². The minimum absolute atomic E-state index is 0.120. The van der Waals surface area contributed by atoms with Crippen molar-refractivity contribution >= 4 is 46.7 Å². The van der Waals surface area contributed by atoms with Gasteiger partial charge in [-0.1, -0.05) is 67.9 Å². The van der Waals surface area contributed by atoms with Crippen molar-refractivity contribution < 1.29 is 14.3 Å². The fraction of sp³-hybridized carbons (Fsp3) is 0.393. The van der Waals surface area contributed by atoms with E-state index in [0.717, 1.165) is 41.0 Å². The lowest BCUT2D eigenvalue weighted by Crippen LogP contribution is -2.36. The first kappa shape index (κ1) is 26.9. The number of carbonyl (C=O) groups excluding carboxylic acids is 1. The number of anilines is 1. The molecule has 1 aliphatic heterocycles. The number of allylic oxidation sites excluding steroid dienone is 2. The van der Waals surface area contributed by atoms with Gasteiger partial charge in [-0.25, -0.2) is 4.68 Å². The number of thioether (sulfide) groups is 1. The Morgan fingerprint density at radius 2 is 1.97 bits per heavy atom. The van der Waals surface area contributed by atoms with Gasteiger partial charge in [-0.3, -0.25) is 4.79 Å². The van der Waals surface area contributed by atoms with Crippen LogP contribution in [0, 0.1) is 5.41 Å². The van der Waals surface area contributed by atoms with Crippen LogP contribution in [-0.2, 0) is 11.4 Å². The number of ether oxygens (including phenoxy) is 2. The molecule has 1 N–H and O–H groups in total. The van der Waals surface area contributed by atoms with E-state index in [1.807, 2.05) is 28.9 Å². The fourth-order valence-electron chi connectivity index (χ4n) is 4.92. The lowest BCUT2D eigenvalue weighted by molar-refractivity contribution is -0.118. The molecule has 1 unspecified atom stereocenters. The maximum Gasteiger partial charge on any atom is 0.227 e. The van der Waals surface area contributed by atoms with Crippen LogP contribution in [0.1, 0.15) is 57.2 Å². The highest BCUT2D eigenvalue weighted by Crippen LogP contribution is 2.46. The van der Waals surface area contributed by atoms with Crippen molar-refractivity contribution in [3.63, 3.8) is 0 Å². The number of hydrogen-bond acceptors (Lipinski definition) is 7. The van der Waals surface area contributed by atoms with Crippen LogP contribution >= 0.6 is 35.0 Å². The smallest absolute Gasteiger partial charge is 0.227 e. The Kier molecular flexibility index (Phi) is 7.67. The molecule has 0 radical (unpaired) electrons. The summed E-state index contributed by atoms with van der Waals surface area (Å²) in [5.41, 5.74) is 3.21. The van der Waals surface area contributed by atoms with Crippen LogP contribution in [0.3, 0.4) is 0 Å². The van der Waals surface area contributed by atoms with E-state index in [4.69, 9.17) is 42.8 Å². The van der Waals surface area contributed by atoms with Crippen molar-refractivity contribution in [1.29, 1.82) is 0 Å². The number of halogens is 2. The number of hydrogen-bond donors (Lipinski definition) is 1. The van der Waals surface area contributed by atoms with E-state index in [9.17, 15) is 4.79 Å². The maximum absolute atomic E-state index is 13.5. The predicted octanol–water partition coefficient (Wildman–Crippen LogP) is 7.33. The third-order valence-corrected chi connectivity index (χ3v) is 8.28. The highest BCUT2D eigenvalue weighted by Gasteiger charge is 2.42. The minimum atomic E-state index is -0.415. The van der Waals surface area contributed by atoms with Gasteiger partial charge >= 0.3 is 0 Å². The Labute approximate surface area is 236 Å². The van der Waals surface area contributed by atoms with Crippen LogP contribution in [0.25, 0.3) is 0 Å². The van der Waals surface area contributed by atoms with Gasteiger partial charge in [-0.05, 0) is 48.1 Å². The summed E-state index contributed by atoms with van der Waals surface area (Å²) in [5.74, 6) is 2.81. The van der Waals surface area contributed by atoms with Gasteiger partial charge < -0.3 is 14.8 Å². The minimum Gasteiger partial charge on any atom is -0.493 e. The molecule has 38 heavy (non-hydrogen) atoms. The summed E-state index contributed by atoms with van der Waals surface area (Å²) >= 11 is 14.0. The summed E-state index contributed by atoms with van der Waals surface area (Å²) < 4.78 is 13.6. The summed E-state index contributed by atoms with van der Waals surface area (Å²) in [6.45, 7) is 6.62. The molecule has 10 heteroatoms. The molecule has 5 rings (SSSR count). The summed E-state index contributed by atoms with van der Waals surface area (Å²) in [5, 5.41) is 10.0. The second-order valence-corrected chi connectivity index (χ2v) is 12.2. The molecule has 0 fully saturated rings. The van der Waals surface area contributed by atoms with Crippen LogP contribution in [0.5, 0.6) is 11.5 Å². The van der Waals surface area contributed by atoms with Crippen LogP contribution in [0.15, 0.2) is 52.8 Å². The van der Waals surface area contributed by atoms with Gasteiger partial charge in [-0.15, -0.1) is 5.10 Å². The SMILES string of the molecule is CCCSc1nc2n(n1)C(c1ccc(OCc3ccc(Cl)cc3Cl)c(OC)c1)C1=C(CC(C)(C)CC1=O)N2. The molecule has 1 atom stereocenters. The van der Waals surface area contributed by atoms with E-state index in [1.54, 1.807) is 31.0 Å². The van der Waals surface area contributed by atoms with Crippen molar-refractivity contribution in [2.75, 3.05) is 18.2 Å². The fourth-order valence-corrected chi connectivity index (χ4v) is 6.07. The monoisotopic (exact) mass is 572 g/mol. The van der Waals surface area contributed by atoms with Crippen molar-refractivity contribution in [3.05, 3.63) is 68.8 Å². The summed E-state index contributed by atoms with van der Waals surface area (Å²) in [4.78, 5) is 18.3. The number of fused-ring (bicyclic) bond motifs is 1. The number of benzene rings is 2. The number of methoxy groups -OCH3 is 1. The topological polar surface area (TPSA) is 78.3 Å². The van der Waals surface area contributed by atoms with Crippen LogP contribution in [0.2, 0.25) is 10.0 Å². The molecule has 0 saturated heterocycles. The molecule has 0 amide bonds. The van der Waals surface area contributed by atoms with E-state index in [2.05, 4.69) is 26.1 Å². The molecular weight excluding hydrogens is 543 g/mol. The molecule has 0 saturated carbocycles.